The predicted molar refractivity (Wildman–Crippen MR) is 133 cm³/mol. The summed E-state index contributed by atoms with van der Waals surface area (Å²) in [6, 6.07) is 38.2. The average molecular weight is 402 g/mol. The maximum absolute atomic E-state index is 5.21. The van der Waals surface area contributed by atoms with Crippen LogP contribution in [0.2, 0.25) is 0 Å². The smallest absolute Gasteiger partial charge is 0.0777 e. The van der Waals surface area contributed by atoms with Crippen molar-refractivity contribution in [3.8, 4) is 0 Å². The molecule has 0 radical (unpaired) electrons. The van der Waals surface area contributed by atoms with Crippen LogP contribution in [0.4, 0.5) is 0 Å². The minimum atomic E-state index is 0.982. The van der Waals surface area contributed by atoms with Crippen LogP contribution in [0, 0.1) is 13.8 Å². The lowest BCUT2D eigenvalue weighted by Gasteiger charge is -2.14. The molecule has 0 aromatic heterocycles. The zero-order valence-corrected chi connectivity index (χ0v) is 18.3. The van der Waals surface area contributed by atoms with Gasteiger partial charge < -0.3 is 0 Å². The van der Waals surface area contributed by atoms with E-state index < -0.39 is 0 Å². The zero-order chi connectivity index (χ0) is 21.6. The molecule has 0 amide bonds. The largest absolute Gasteiger partial charge is 0.252 e. The fourth-order valence-corrected chi connectivity index (χ4v) is 3.74. The number of nitrogens with zero attached hydrogens (tertiary/aromatic N) is 1. The van der Waals surface area contributed by atoms with Crippen molar-refractivity contribution in [2.45, 2.75) is 20.8 Å². The normalized spacial score (nSPS) is 10.4. The maximum Gasteiger partial charge on any atom is 0.0777 e. The van der Waals surface area contributed by atoms with Crippen LogP contribution in [-0.4, -0.2) is 5.71 Å². The van der Waals surface area contributed by atoms with Gasteiger partial charge in [-0.15, -0.1) is 0 Å². The summed E-state index contributed by atoms with van der Waals surface area (Å²) in [7, 11) is 0. The van der Waals surface area contributed by atoms with Crippen LogP contribution in [0.3, 0.4) is 0 Å². The van der Waals surface area contributed by atoms with Crippen molar-refractivity contribution in [2.24, 2.45) is 4.99 Å². The number of hydrogen-bond donors (Lipinski definition) is 0. The maximum atomic E-state index is 5.21. The Bertz CT molecular complexity index is 1110. The Balaban J connectivity index is 1.94. The molecule has 152 valence electrons. The van der Waals surface area contributed by atoms with Gasteiger partial charge in [0.1, 0.15) is 0 Å². The van der Waals surface area contributed by atoms with Crippen LogP contribution in [0.5, 0.6) is 0 Å². The molecular formula is C30H27N. The summed E-state index contributed by atoms with van der Waals surface area (Å²) in [5, 5.41) is 0. The molecule has 0 spiro atoms. The van der Waals surface area contributed by atoms with Crippen molar-refractivity contribution >= 4 is 11.3 Å². The summed E-state index contributed by atoms with van der Waals surface area (Å²) in [6.07, 6.45) is 0. The van der Waals surface area contributed by atoms with Gasteiger partial charge in [-0.1, -0.05) is 120 Å². The molecule has 0 aliphatic carbocycles. The number of aryl methyl sites for hydroxylation is 2. The zero-order valence-electron chi connectivity index (χ0n) is 18.3. The second-order valence-electron chi connectivity index (χ2n) is 7.88. The molecular weight excluding hydrogens is 374 g/mol. The molecule has 4 aromatic rings. The molecule has 31 heavy (non-hydrogen) atoms. The van der Waals surface area contributed by atoms with Gasteiger partial charge in [-0.3, -0.25) is 4.99 Å². The number of allylic oxidation sites excluding steroid dienone is 1. The fourth-order valence-electron chi connectivity index (χ4n) is 3.74. The van der Waals surface area contributed by atoms with Gasteiger partial charge in [-0.25, -0.2) is 0 Å². The Hall–Kier alpha value is -3.71. The molecule has 0 saturated heterocycles. The Kier molecular flexibility index (Phi) is 6.24. The van der Waals surface area contributed by atoms with E-state index in [0.29, 0.717) is 0 Å². The van der Waals surface area contributed by atoms with Gasteiger partial charge in [0, 0.05) is 22.4 Å². The average Bonchev–Trinajstić information content (AvgIpc) is 2.81. The number of benzene rings is 4. The second kappa shape index (κ2) is 9.40. The molecule has 4 aromatic carbocycles. The summed E-state index contributed by atoms with van der Waals surface area (Å²) in [5.74, 6) is 0. The molecule has 0 saturated carbocycles. The highest BCUT2D eigenvalue weighted by molar-refractivity contribution is 6.13. The summed E-state index contributed by atoms with van der Waals surface area (Å²) < 4.78 is 0. The van der Waals surface area contributed by atoms with Gasteiger partial charge in [-0.05, 0) is 31.9 Å². The highest BCUT2D eigenvalue weighted by Crippen LogP contribution is 2.29. The van der Waals surface area contributed by atoms with Crippen molar-refractivity contribution in [1.29, 1.82) is 0 Å². The molecule has 1 heteroatoms. The standard InChI is InChI=1S/C30H27N/c1-22-14-18-25(19-15-22)29(26-20-16-23(2)17-21-26)24(3)31-30(27-10-6-4-7-11-27)28-12-8-5-9-13-28/h4-21H,1-3H3. The van der Waals surface area contributed by atoms with E-state index in [1.54, 1.807) is 0 Å². The monoisotopic (exact) mass is 401 g/mol. The van der Waals surface area contributed by atoms with Crippen LogP contribution >= 0.6 is 0 Å². The van der Waals surface area contributed by atoms with Gasteiger partial charge in [0.2, 0.25) is 0 Å². The van der Waals surface area contributed by atoms with Crippen molar-refractivity contribution < 1.29 is 0 Å². The summed E-state index contributed by atoms with van der Waals surface area (Å²) in [5.41, 5.74) is 10.2. The van der Waals surface area contributed by atoms with E-state index in [1.165, 1.54) is 22.3 Å². The molecule has 1 nitrogen and oxygen atoms in total. The summed E-state index contributed by atoms with van der Waals surface area (Å²) in [6.45, 7) is 6.35. The fraction of sp³-hybridized carbons (Fsp3) is 0.100. The number of hydrogen-bond acceptors (Lipinski definition) is 1. The molecule has 0 aliphatic rings. The van der Waals surface area contributed by atoms with Crippen molar-refractivity contribution in [3.05, 3.63) is 148 Å². The number of aliphatic imine (C=N–C) groups is 1. The highest BCUT2D eigenvalue weighted by Gasteiger charge is 2.12. The quantitative estimate of drug-likeness (QED) is 0.305. The van der Waals surface area contributed by atoms with Gasteiger partial charge >= 0.3 is 0 Å². The third kappa shape index (κ3) is 4.90. The van der Waals surface area contributed by atoms with E-state index >= 15 is 0 Å². The van der Waals surface area contributed by atoms with E-state index in [1.807, 2.05) is 12.1 Å². The van der Waals surface area contributed by atoms with E-state index in [0.717, 1.165) is 28.1 Å². The third-order valence-corrected chi connectivity index (χ3v) is 5.42. The Labute approximate surface area is 185 Å². The first-order valence-electron chi connectivity index (χ1n) is 10.7. The van der Waals surface area contributed by atoms with E-state index in [9.17, 15) is 0 Å². The molecule has 0 atom stereocenters. The minimum absolute atomic E-state index is 0.982. The lowest BCUT2D eigenvalue weighted by Crippen LogP contribution is -2.04. The first-order valence-corrected chi connectivity index (χ1v) is 10.7. The lowest BCUT2D eigenvalue weighted by atomic mass is 9.94. The SMILES string of the molecule is CC(N=C(c1ccccc1)c1ccccc1)=C(c1ccc(C)cc1)c1ccc(C)cc1. The third-order valence-electron chi connectivity index (χ3n) is 5.42. The molecule has 0 aliphatic heterocycles. The van der Waals surface area contributed by atoms with Gasteiger partial charge in [0.05, 0.1) is 5.71 Å². The Morgan fingerprint density at radius 3 is 1.26 bits per heavy atom. The molecule has 0 bridgehead atoms. The van der Waals surface area contributed by atoms with Crippen LogP contribution < -0.4 is 0 Å². The topological polar surface area (TPSA) is 12.4 Å². The van der Waals surface area contributed by atoms with Gasteiger partial charge in [-0.2, -0.15) is 0 Å². The highest BCUT2D eigenvalue weighted by atomic mass is 14.8. The van der Waals surface area contributed by atoms with Crippen molar-refractivity contribution in [3.63, 3.8) is 0 Å². The van der Waals surface area contributed by atoms with E-state index in [-0.39, 0.29) is 0 Å². The number of rotatable bonds is 5. The van der Waals surface area contributed by atoms with Crippen molar-refractivity contribution in [1.82, 2.24) is 0 Å². The van der Waals surface area contributed by atoms with Crippen LogP contribution in [-0.2, 0) is 0 Å². The Morgan fingerprint density at radius 2 is 0.871 bits per heavy atom. The van der Waals surface area contributed by atoms with Crippen molar-refractivity contribution in [2.75, 3.05) is 0 Å². The van der Waals surface area contributed by atoms with Crippen LogP contribution in [0.15, 0.2) is 120 Å². The van der Waals surface area contributed by atoms with Crippen LogP contribution in [0.1, 0.15) is 40.3 Å². The predicted octanol–water partition coefficient (Wildman–Crippen LogP) is 7.62. The lowest BCUT2D eigenvalue weighted by molar-refractivity contribution is 1.28. The Morgan fingerprint density at radius 1 is 0.484 bits per heavy atom. The van der Waals surface area contributed by atoms with E-state index in [4.69, 9.17) is 4.99 Å². The van der Waals surface area contributed by atoms with Gasteiger partial charge in [0.25, 0.3) is 0 Å². The van der Waals surface area contributed by atoms with Gasteiger partial charge in [0.15, 0.2) is 0 Å². The second-order valence-corrected chi connectivity index (χ2v) is 7.88. The molecule has 0 heterocycles. The van der Waals surface area contributed by atoms with E-state index in [2.05, 4.69) is 118 Å². The first kappa shape index (κ1) is 20.6. The summed E-state index contributed by atoms with van der Waals surface area (Å²) in [4.78, 5) is 5.21. The molecule has 0 N–H and O–H groups in total. The molecule has 4 rings (SSSR count). The molecule has 0 unspecified atom stereocenters. The first-order chi connectivity index (χ1) is 15.1. The van der Waals surface area contributed by atoms with Crippen LogP contribution in [0.25, 0.3) is 5.57 Å². The molecule has 0 fully saturated rings. The minimum Gasteiger partial charge on any atom is -0.252 e. The summed E-state index contributed by atoms with van der Waals surface area (Å²) >= 11 is 0.